The van der Waals surface area contributed by atoms with Crippen molar-refractivity contribution >= 4 is 12.0 Å². The smallest absolute Gasteiger partial charge is 0.423 e. The number of halogens is 8. The van der Waals surface area contributed by atoms with Gasteiger partial charge in [-0.1, -0.05) is 31.9 Å². The molecule has 1 fully saturated rings. The number of ether oxygens (including phenoxy) is 2. The fourth-order valence-corrected chi connectivity index (χ4v) is 4.51. The second-order valence-electron chi connectivity index (χ2n) is 9.58. The van der Waals surface area contributed by atoms with Crippen LogP contribution in [0.4, 0.5) is 35.1 Å². The van der Waals surface area contributed by atoms with Crippen LogP contribution in [-0.2, 0) is 0 Å². The maximum Gasteiger partial charge on any atom is 0.573 e. The van der Waals surface area contributed by atoms with E-state index >= 15 is 0 Å². The van der Waals surface area contributed by atoms with Gasteiger partial charge >= 0.3 is 12.3 Å². The number of carbonyl (C=O) groups excluding carboxylic acids is 1. The van der Waals surface area contributed by atoms with Crippen LogP contribution < -0.4 is 9.47 Å². The van der Waals surface area contributed by atoms with E-state index in [1.54, 1.807) is 6.08 Å². The second kappa shape index (κ2) is 11.7. The molecule has 0 bridgehead atoms. The largest absolute Gasteiger partial charge is 0.573 e. The molecule has 212 valence electrons. The summed E-state index contributed by atoms with van der Waals surface area (Å²) in [7, 11) is 0. The summed E-state index contributed by atoms with van der Waals surface area (Å²) in [5.74, 6) is -9.42. The van der Waals surface area contributed by atoms with Gasteiger partial charge in [0, 0.05) is 6.07 Å². The molecule has 0 atom stereocenters. The normalized spacial score (nSPS) is 17.7. The summed E-state index contributed by atoms with van der Waals surface area (Å²) in [4.78, 5) is 12.3. The van der Waals surface area contributed by atoms with Crippen LogP contribution in [0.2, 0.25) is 0 Å². The van der Waals surface area contributed by atoms with E-state index in [0.717, 1.165) is 37.8 Å². The molecule has 11 heteroatoms. The van der Waals surface area contributed by atoms with E-state index in [4.69, 9.17) is 0 Å². The van der Waals surface area contributed by atoms with Gasteiger partial charge in [-0.2, -0.15) is 0 Å². The third kappa shape index (κ3) is 7.00. The molecule has 40 heavy (non-hydrogen) atoms. The fraction of sp³-hybridized carbons (Fsp3) is 0.276. The third-order valence-corrected chi connectivity index (χ3v) is 6.56. The summed E-state index contributed by atoms with van der Waals surface area (Å²) in [6.07, 6.45) is 2.39. The Kier molecular flexibility index (Phi) is 8.51. The van der Waals surface area contributed by atoms with Gasteiger partial charge in [-0.25, -0.2) is 26.7 Å². The van der Waals surface area contributed by atoms with Crippen LogP contribution in [0.1, 0.15) is 48.5 Å². The van der Waals surface area contributed by atoms with Crippen molar-refractivity contribution in [3.63, 3.8) is 0 Å². The summed E-state index contributed by atoms with van der Waals surface area (Å²) in [5, 5.41) is 0. The average molecular weight is 570 g/mol. The van der Waals surface area contributed by atoms with Crippen LogP contribution in [0.3, 0.4) is 0 Å². The van der Waals surface area contributed by atoms with E-state index in [1.807, 2.05) is 6.08 Å². The van der Waals surface area contributed by atoms with Crippen molar-refractivity contribution < 1.29 is 49.4 Å². The molecule has 0 heterocycles. The zero-order chi connectivity index (χ0) is 29.2. The van der Waals surface area contributed by atoms with Crippen molar-refractivity contribution in [1.82, 2.24) is 0 Å². The van der Waals surface area contributed by atoms with Crippen LogP contribution in [0.5, 0.6) is 11.5 Å². The lowest BCUT2D eigenvalue weighted by Crippen LogP contribution is -2.18. The average Bonchev–Trinajstić information content (AvgIpc) is 2.84. The number of hydrogen-bond donors (Lipinski definition) is 0. The van der Waals surface area contributed by atoms with E-state index in [1.165, 1.54) is 0 Å². The molecule has 0 spiro atoms. The molecule has 0 unspecified atom stereocenters. The SMILES string of the molecule is CC1CCC(C=Cc2cc(F)c(-c3cc(F)c(C(=O)Oc4ccc(OC(F)(F)F)c(F)c4)c(F)c3)c(F)c2)CC1. The highest BCUT2D eigenvalue weighted by Crippen LogP contribution is 2.33. The maximum absolute atomic E-state index is 14.9. The first kappa shape index (κ1) is 29.1. The van der Waals surface area contributed by atoms with Crippen LogP contribution in [0.15, 0.2) is 48.5 Å². The first-order valence-electron chi connectivity index (χ1n) is 12.2. The molecule has 0 amide bonds. The topological polar surface area (TPSA) is 35.5 Å². The Morgan fingerprint density at radius 1 is 0.825 bits per heavy atom. The number of rotatable bonds is 6. The van der Waals surface area contributed by atoms with E-state index in [-0.39, 0.29) is 5.56 Å². The zero-order valence-corrected chi connectivity index (χ0v) is 20.9. The lowest BCUT2D eigenvalue weighted by molar-refractivity contribution is -0.275. The molecule has 3 aromatic carbocycles. The third-order valence-electron chi connectivity index (χ3n) is 6.56. The van der Waals surface area contributed by atoms with E-state index in [0.29, 0.717) is 42.2 Å². The molecular weight excluding hydrogens is 548 g/mol. The molecule has 1 aliphatic carbocycles. The van der Waals surface area contributed by atoms with Gasteiger partial charge in [0.15, 0.2) is 11.6 Å². The van der Waals surface area contributed by atoms with Gasteiger partial charge in [-0.15, -0.1) is 13.2 Å². The summed E-state index contributed by atoms with van der Waals surface area (Å²) in [6, 6.07) is 4.67. The summed E-state index contributed by atoms with van der Waals surface area (Å²) < 4.78 is 118. The Bertz CT molecular complexity index is 1390. The van der Waals surface area contributed by atoms with Crippen molar-refractivity contribution in [3.8, 4) is 22.6 Å². The fourth-order valence-electron chi connectivity index (χ4n) is 4.51. The van der Waals surface area contributed by atoms with Gasteiger partial charge in [0.1, 0.15) is 34.6 Å². The first-order chi connectivity index (χ1) is 18.8. The lowest BCUT2D eigenvalue weighted by Gasteiger charge is -2.23. The van der Waals surface area contributed by atoms with E-state index in [2.05, 4.69) is 16.4 Å². The highest BCUT2D eigenvalue weighted by atomic mass is 19.4. The Morgan fingerprint density at radius 2 is 1.43 bits per heavy atom. The number of carbonyl (C=O) groups is 1. The van der Waals surface area contributed by atoms with Gasteiger partial charge in [0.05, 0.1) is 5.56 Å². The summed E-state index contributed by atoms with van der Waals surface area (Å²) in [5.41, 5.74) is -2.28. The van der Waals surface area contributed by atoms with Crippen LogP contribution in [0.25, 0.3) is 17.2 Å². The van der Waals surface area contributed by atoms with Crippen molar-refractivity contribution in [3.05, 3.63) is 88.8 Å². The Labute approximate surface area is 224 Å². The minimum Gasteiger partial charge on any atom is -0.423 e. The Balaban J connectivity index is 1.53. The lowest BCUT2D eigenvalue weighted by atomic mass is 9.83. The Hall–Kier alpha value is -3.89. The van der Waals surface area contributed by atoms with Crippen molar-refractivity contribution in [1.29, 1.82) is 0 Å². The second-order valence-corrected chi connectivity index (χ2v) is 9.58. The first-order valence-corrected chi connectivity index (χ1v) is 12.2. The molecule has 0 N–H and O–H groups in total. The number of alkyl halides is 3. The minimum absolute atomic E-state index is 0.234. The highest BCUT2D eigenvalue weighted by Gasteiger charge is 2.32. The molecule has 0 radical (unpaired) electrons. The predicted octanol–water partition coefficient (Wildman–Crippen LogP) is 9.01. The summed E-state index contributed by atoms with van der Waals surface area (Å²) >= 11 is 0. The van der Waals surface area contributed by atoms with E-state index in [9.17, 15) is 39.9 Å². The van der Waals surface area contributed by atoms with E-state index < -0.39 is 69.6 Å². The highest BCUT2D eigenvalue weighted by molar-refractivity contribution is 5.92. The van der Waals surface area contributed by atoms with Gasteiger partial charge in [0.25, 0.3) is 0 Å². The van der Waals surface area contributed by atoms with Crippen LogP contribution in [-0.4, -0.2) is 12.3 Å². The van der Waals surface area contributed by atoms with Crippen LogP contribution >= 0.6 is 0 Å². The molecule has 0 saturated heterocycles. The number of benzene rings is 3. The van der Waals surface area contributed by atoms with Gasteiger partial charge < -0.3 is 9.47 Å². The predicted molar refractivity (Wildman–Crippen MR) is 130 cm³/mol. The van der Waals surface area contributed by atoms with Crippen molar-refractivity contribution in [2.45, 2.75) is 39.0 Å². The van der Waals surface area contributed by atoms with Crippen molar-refractivity contribution in [2.24, 2.45) is 11.8 Å². The standard InChI is InChI=1S/C29H22F8O3/c1-15-2-4-16(5-3-15)6-7-17-10-21(31)26(22(32)11-17)18-12-23(33)27(24(34)13-18)28(38)39-19-8-9-25(20(30)14-19)40-29(35,36)37/h6-16H,2-5H2,1H3. The van der Waals surface area contributed by atoms with Crippen LogP contribution in [0, 0.1) is 40.9 Å². The van der Waals surface area contributed by atoms with Gasteiger partial charge in [-0.05, 0) is 72.2 Å². The molecule has 1 saturated carbocycles. The molecule has 4 rings (SSSR count). The van der Waals surface area contributed by atoms with Crippen molar-refractivity contribution in [2.75, 3.05) is 0 Å². The monoisotopic (exact) mass is 570 g/mol. The van der Waals surface area contributed by atoms with Gasteiger partial charge in [-0.3, -0.25) is 0 Å². The summed E-state index contributed by atoms with van der Waals surface area (Å²) in [6.45, 7) is 2.17. The molecule has 1 aliphatic rings. The maximum atomic E-state index is 14.9. The molecule has 0 aliphatic heterocycles. The van der Waals surface area contributed by atoms with Gasteiger partial charge in [0.2, 0.25) is 0 Å². The Morgan fingerprint density at radius 3 is 1.98 bits per heavy atom. The molecule has 3 nitrogen and oxygen atoms in total. The number of hydrogen-bond acceptors (Lipinski definition) is 3. The number of allylic oxidation sites excluding steroid dienone is 1. The molecule has 0 aromatic heterocycles. The molecule has 3 aromatic rings. The zero-order valence-electron chi connectivity index (χ0n) is 20.9. The number of esters is 1. The minimum atomic E-state index is -5.18. The molecular formula is C29H22F8O3. The quantitative estimate of drug-likeness (QED) is 0.169.